The summed E-state index contributed by atoms with van der Waals surface area (Å²) in [6.45, 7) is 2.03. The Bertz CT molecular complexity index is 1160. The zero-order valence-electron chi connectivity index (χ0n) is 16.1. The number of aromatic nitrogens is 1. The number of carbonyl (C=O) groups is 1. The van der Waals surface area contributed by atoms with Crippen molar-refractivity contribution in [2.24, 2.45) is 0 Å². The predicted octanol–water partition coefficient (Wildman–Crippen LogP) is 5.89. The SMILES string of the molecule is C[C@H](Oc1ccc(Cl)cc1Cl)C(=O)NCc1ccc(-c2nc3ccccc3o2)cc1. The molecule has 3 aromatic carbocycles. The number of fused-ring (bicyclic) bond motifs is 1. The van der Waals surface area contributed by atoms with E-state index < -0.39 is 6.10 Å². The van der Waals surface area contributed by atoms with Gasteiger partial charge in [0.1, 0.15) is 11.3 Å². The molecule has 0 saturated carbocycles. The Balaban J connectivity index is 1.35. The lowest BCUT2D eigenvalue weighted by molar-refractivity contribution is -0.127. The first kappa shape index (κ1) is 20.3. The number of ether oxygens (including phenoxy) is 1. The number of oxazole rings is 1. The number of amides is 1. The molecule has 1 atom stereocenters. The first-order chi connectivity index (χ1) is 14.5. The van der Waals surface area contributed by atoms with Gasteiger partial charge in [-0.05, 0) is 55.0 Å². The number of para-hydroxylation sites is 2. The number of rotatable bonds is 6. The molecule has 0 bridgehead atoms. The molecule has 0 spiro atoms. The van der Waals surface area contributed by atoms with Crippen LogP contribution in [0.25, 0.3) is 22.6 Å². The molecule has 4 aromatic rings. The standard InChI is InChI=1S/C23H18Cl2N2O3/c1-14(29-20-11-10-17(24)12-18(20)25)22(28)26-13-15-6-8-16(9-7-15)23-27-19-4-2-3-5-21(19)30-23/h2-12,14H,13H2,1H3,(H,26,28)/t14-/m0/s1. The molecule has 1 amide bonds. The molecule has 0 saturated heterocycles. The number of nitrogens with one attached hydrogen (secondary N) is 1. The molecule has 0 aliphatic carbocycles. The average molecular weight is 441 g/mol. The molecule has 4 rings (SSSR count). The maximum atomic E-state index is 12.4. The maximum absolute atomic E-state index is 12.4. The summed E-state index contributed by atoms with van der Waals surface area (Å²) in [5.41, 5.74) is 3.38. The molecule has 30 heavy (non-hydrogen) atoms. The summed E-state index contributed by atoms with van der Waals surface area (Å²) in [6, 6.07) is 20.2. The fourth-order valence-corrected chi connectivity index (χ4v) is 3.36. The third-order valence-electron chi connectivity index (χ3n) is 4.53. The highest BCUT2D eigenvalue weighted by molar-refractivity contribution is 6.35. The van der Waals surface area contributed by atoms with Gasteiger partial charge < -0.3 is 14.5 Å². The second-order valence-electron chi connectivity index (χ2n) is 6.74. The zero-order chi connectivity index (χ0) is 21.1. The average Bonchev–Trinajstić information content (AvgIpc) is 3.18. The van der Waals surface area contributed by atoms with E-state index in [9.17, 15) is 4.79 Å². The summed E-state index contributed by atoms with van der Waals surface area (Å²) in [7, 11) is 0. The number of benzene rings is 3. The van der Waals surface area contributed by atoms with Crippen LogP contribution in [0.15, 0.2) is 71.1 Å². The molecule has 1 N–H and O–H groups in total. The fourth-order valence-electron chi connectivity index (χ4n) is 2.91. The summed E-state index contributed by atoms with van der Waals surface area (Å²) in [4.78, 5) is 16.8. The fraction of sp³-hybridized carbons (Fsp3) is 0.130. The minimum Gasteiger partial charge on any atom is -0.479 e. The van der Waals surface area contributed by atoms with Crippen LogP contribution >= 0.6 is 23.2 Å². The minimum atomic E-state index is -0.706. The second kappa shape index (κ2) is 8.78. The molecule has 0 radical (unpaired) electrons. The smallest absolute Gasteiger partial charge is 0.261 e. The predicted molar refractivity (Wildman–Crippen MR) is 118 cm³/mol. The summed E-state index contributed by atoms with van der Waals surface area (Å²) in [6.07, 6.45) is -0.706. The van der Waals surface area contributed by atoms with Crippen molar-refractivity contribution < 1.29 is 13.9 Å². The monoisotopic (exact) mass is 440 g/mol. The van der Waals surface area contributed by atoms with E-state index in [0.717, 1.165) is 22.2 Å². The highest BCUT2D eigenvalue weighted by Gasteiger charge is 2.16. The van der Waals surface area contributed by atoms with Crippen LogP contribution in [0, 0.1) is 0 Å². The van der Waals surface area contributed by atoms with E-state index in [4.69, 9.17) is 32.4 Å². The molecule has 0 aliphatic heterocycles. The first-order valence-corrected chi connectivity index (χ1v) is 10.1. The minimum absolute atomic E-state index is 0.246. The van der Waals surface area contributed by atoms with E-state index in [2.05, 4.69) is 10.3 Å². The van der Waals surface area contributed by atoms with Gasteiger partial charge in [-0.1, -0.05) is 47.5 Å². The maximum Gasteiger partial charge on any atom is 0.261 e. The van der Waals surface area contributed by atoms with Crippen molar-refractivity contribution in [3.05, 3.63) is 82.3 Å². The molecule has 1 heterocycles. The van der Waals surface area contributed by atoms with Gasteiger partial charge in [-0.25, -0.2) is 4.98 Å². The van der Waals surface area contributed by atoms with Gasteiger partial charge in [0.25, 0.3) is 5.91 Å². The van der Waals surface area contributed by atoms with E-state index in [1.807, 2.05) is 48.5 Å². The normalized spacial score (nSPS) is 12.0. The molecule has 0 unspecified atom stereocenters. The van der Waals surface area contributed by atoms with Crippen LogP contribution < -0.4 is 10.1 Å². The van der Waals surface area contributed by atoms with Gasteiger partial charge in [-0.15, -0.1) is 0 Å². The van der Waals surface area contributed by atoms with Gasteiger partial charge in [0, 0.05) is 17.1 Å². The van der Waals surface area contributed by atoms with Crippen LogP contribution in [0.3, 0.4) is 0 Å². The highest BCUT2D eigenvalue weighted by atomic mass is 35.5. The van der Waals surface area contributed by atoms with E-state index in [-0.39, 0.29) is 5.91 Å². The van der Waals surface area contributed by atoms with Crippen LogP contribution in [-0.2, 0) is 11.3 Å². The van der Waals surface area contributed by atoms with Crippen molar-refractivity contribution in [1.82, 2.24) is 10.3 Å². The Hall–Kier alpha value is -3.02. The van der Waals surface area contributed by atoms with Gasteiger partial charge in [-0.3, -0.25) is 4.79 Å². The highest BCUT2D eigenvalue weighted by Crippen LogP contribution is 2.28. The molecule has 7 heteroatoms. The molecule has 1 aromatic heterocycles. The lowest BCUT2D eigenvalue weighted by Crippen LogP contribution is -2.35. The van der Waals surface area contributed by atoms with E-state index in [1.54, 1.807) is 25.1 Å². The van der Waals surface area contributed by atoms with Gasteiger partial charge in [-0.2, -0.15) is 0 Å². The van der Waals surface area contributed by atoms with Crippen LogP contribution in [0.4, 0.5) is 0 Å². The zero-order valence-corrected chi connectivity index (χ0v) is 17.6. The van der Waals surface area contributed by atoms with Gasteiger partial charge >= 0.3 is 0 Å². The lowest BCUT2D eigenvalue weighted by atomic mass is 10.1. The van der Waals surface area contributed by atoms with Crippen LogP contribution in [0.1, 0.15) is 12.5 Å². The summed E-state index contributed by atoms with van der Waals surface area (Å²) in [5, 5.41) is 3.72. The van der Waals surface area contributed by atoms with E-state index in [0.29, 0.717) is 28.2 Å². The van der Waals surface area contributed by atoms with Crippen molar-refractivity contribution in [1.29, 1.82) is 0 Å². The third kappa shape index (κ3) is 4.58. The topological polar surface area (TPSA) is 64.4 Å². The van der Waals surface area contributed by atoms with Crippen molar-refractivity contribution in [3.63, 3.8) is 0 Å². The molecular formula is C23H18Cl2N2O3. The van der Waals surface area contributed by atoms with Crippen molar-refractivity contribution in [2.75, 3.05) is 0 Å². The second-order valence-corrected chi connectivity index (χ2v) is 7.58. The van der Waals surface area contributed by atoms with Gasteiger partial charge in [0.2, 0.25) is 5.89 Å². The van der Waals surface area contributed by atoms with Crippen LogP contribution in [-0.4, -0.2) is 17.0 Å². The van der Waals surface area contributed by atoms with Gasteiger partial charge in [0.15, 0.2) is 11.7 Å². The Morgan fingerprint density at radius 3 is 2.60 bits per heavy atom. The molecule has 0 aliphatic rings. The molecular weight excluding hydrogens is 423 g/mol. The summed E-state index contributed by atoms with van der Waals surface area (Å²) in [5.74, 6) is 0.726. The summed E-state index contributed by atoms with van der Waals surface area (Å²) >= 11 is 12.0. The molecule has 152 valence electrons. The van der Waals surface area contributed by atoms with Crippen LogP contribution in [0.2, 0.25) is 10.0 Å². The number of hydrogen-bond acceptors (Lipinski definition) is 4. The van der Waals surface area contributed by atoms with Crippen molar-refractivity contribution >= 4 is 40.2 Å². The van der Waals surface area contributed by atoms with Crippen molar-refractivity contribution in [3.8, 4) is 17.2 Å². The summed E-state index contributed by atoms with van der Waals surface area (Å²) < 4.78 is 11.4. The number of carbonyl (C=O) groups excluding carboxylic acids is 1. The quantitative estimate of drug-likeness (QED) is 0.406. The number of hydrogen-bond donors (Lipinski definition) is 1. The van der Waals surface area contributed by atoms with Crippen molar-refractivity contribution in [2.45, 2.75) is 19.6 Å². The Morgan fingerprint density at radius 1 is 1.10 bits per heavy atom. The van der Waals surface area contributed by atoms with Gasteiger partial charge in [0.05, 0.1) is 5.02 Å². The van der Waals surface area contributed by atoms with Crippen LogP contribution in [0.5, 0.6) is 5.75 Å². The Kier molecular flexibility index (Phi) is 5.93. The van der Waals surface area contributed by atoms with E-state index in [1.165, 1.54) is 0 Å². The third-order valence-corrected chi connectivity index (χ3v) is 5.06. The largest absolute Gasteiger partial charge is 0.479 e. The number of nitrogens with zero attached hydrogens (tertiary/aromatic N) is 1. The first-order valence-electron chi connectivity index (χ1n) is 9.34. The molecule has 5 nitrogen and oxygen atoms in total. The molecule has 0 fully saturated rings. The number of halogens is 2. The Labute approximate surface area is 183 Å². The lowest BCUT2D eigenvalue weighted by Gasteiger charge is -2.16. The Morgan fingerprint density at radius 2 is 1.87 bits per heavy atom. The van der Waals surface area contributed by atoms with E-state index >= 15 is 0 Å².